The van der Waals surface area contributed by atoms with E-state index in [1.54, 1.807) is 20.2 Å². The maximum Gasteiger partial charge on any atom is 0.332 e. The Labute approximate surface area is 179 Å². The molecule has 0 bridgehead atoms. The summed E-state index contributed by atoms with van der Waals surface area (Å²) in [5.41, 5.74) is 1.38. The molecule has 3 aromatic rings. The first-order chi connectivity index (χ1) is 14.9. The SMILES string of the molecule is COc1ccc(CC(=O)N2CCC[C@@H](c3ccc4c(=O)n(C)c(=O)n(C)c4n3)C2)cc1. The van der Waals surface area contributed by atoms with Gasteiger partial charge in [-0.25, -0.2) is 9.78 Å². The van der Waals surface area contributed by atoms with Gasteiger partial charge in [0.25, 0.3) is 5.56 Å². The van der Waals surface area contributed by atoms with Crippen molar-refractivity contribution in [3.8, 4) is 5.75 Å². The third-order valence-electron chi connectivity index (χ3n) is 6.03. The van der Waals surface area contributed by atoms with Gasteiger partial charge in [0.15, 0.2) is 0 Å². The highest BCUT2D eigenvalue weighted by Gasteiger charge is 2.26. The van der Waals surface area contributed by atoms with Crippen LogP contribution < -0.4 is 16.0 Å². The maximum absolute atomic E-state index is 12.9. The molecule has 1 aliphatic heterocycles. The number of benzene rings is 1. The third kappa shape index (κ3) is 3.97. The minimum absolute atomic E-state index is 0.0668. The van der Waals surface area contributed by atoms with E-state index >= 15 is 0 Å². The lowest BCUT2D eigenvalue weighted by atomic mass is 9.93. The average Bonchev–Trinajstić information content (AvgIpc) is 2.81. The number of carbonyl (C=O) groups excluding carboxylic acids is 1. The molecule has 0 spiro atoms. The van der Waals surface area contributed by atoms with E-state index in [-0.39, 0.29) is 17.4 Å². The second-order valence-electron chi connectivity index (χ2n) is 8.02. The Hall–Kier alpha value is -3.42. The van der Waals surface area contributed by atoms with Crippen molar-refractivity contribution in [1.29, 1.82) is 0 Å². The van der Waals surface area contributed by atoms with Crippen LogP contribution in [0.1, 0.15) is 30.0 Å². The highest BCUT2D eigenvalue weighted by atomic mass is 16.5. The van der Waals surface area contributed by atoms with Crippen LogP contribution >= 0.6 is 0 Å². The molecule has 0 unspecified atom stereocenters. The Kier molecular flexibility index (Phi) is 5.63. The minimum Gasteiger partial charge on any atom is -0.497 e. The molecule has 0 radical (unpaired) electrons. The van der Waals surface area contributed by atoms with Crippen LogP contribution in [0.4, 0.5) is 0 Å². The van der Waals surface area contributed by atoms with Gasteiger partial charge in [-0.3, -0.25) is 18.7 Å². The van der Waals surface area contributed by atoms with Gasteiger partial charge in [-0.1, -0.05) is 12.1 Å². The fourth-order valence-corrected chi connectivity index (χ4v) is 4.17. The maximum atomic E-state index is 12.9. The number of carbonyl (C=O) groups is 1. The molecule has 0 aliphatic carbocycles. The van der Waals surface area contributed by atoms with Crippen LogP contribution in [0.5, 0.6) is 5.75 Å². The Morgan fingerprint density at radius 1 is 1.10 bits per heavy atom. The normalized spacial score (nSPS) is 16.5. The number of aryl methyl sites for hydroxylation is 1. The minimum atomic E-state index is -0.401. The number of ether oxygens (including phenoxy) is 1. The van der Waals surface area contributed by atoms with Crippen LogP contribution in [0.15, 0.2) is 46.0 Å². The Bertz CT molecular complexity index is 1240. The van der Waals surface area contributed by atoms with Gasteiger partial charge < -0.3 is 9.64 Å². The second kappa shape index (κ2) is 8.37. The molecular formula is C23H26N4O4. The molecule has 1 fully saturated rings. The summed E-state index contributed by atoms with van der Waals surface area (Å²) < 4.78 is 7.65. The van der Waals surface area contributed by atoms with Gasteiger partial charge in [0, 0.05) is 38.8 Å². The highest BCUT2D eigenvalue weighted by molar-refractivity contribution is 5.79. The number of aromatic nitrogens is 3. The van der Waals surface area contributed by atoms with E-state index in [0.29, 0.717) is 24.0 Å². The summed E-state index contributed by atoms with van der Waals surface area (Å²) >= 11 is 0. The summed E-state index contributed by atoms with van der Waals surface area (Å²) in [5, 5.41) is 0.414. The van der Waals surface area contributed by atoms with E-state index in [1.165, 1.54) is 11.6 Å². The lowest BCUT2D eigenvalue weighted by Gasteiger charge is -2.32. The lowest BCUT2D eigenvalue weighted by molar-refractivity contribution is -0.131. The number of likely N-dealkylation sites (tertiary alicyclic amines) is 1. The number of hydrogen-bond donors (Lipinski definition) is 0. The molecule has 8 heteroatoms. The fourth-order valence-electron chi connectivity index (χ4n) is 4.17. The number of nitrogens with zero attached hydrogens (tertiary/aromatic N) is 4. The van der Waals surface area contributed by atoms with E-state index in [9.17, 15) is 14.4 Å². The first-order valence-electron chi connectivity index (χ1n) is 10.4. The first-order valence-corrected chi connectivity index (χ1v) is 10.4. The zero-order chi connectivity index (χ0) is 22.1. The molecule has 3 heterocycles. The van der Waals surface area contributed by atoms with Crippen LogP contribution in [0.2, 0.25) is 0 Å². The summed E-state index contributed by atoms with van der Waals surface area (Å²) in [7, 11) is 4.70. The average molecular weight is 422 g/mol. The van der Waals surface area contributed by atoms with Crippen LogP contribution in [-0.2, 0) is 25.3 Å². The Morgan fingerprint density at radius 3 is 2.55 bits per heavy atom. The molecule has 0 N–H and O–H groups in total. The molecule has 8 nitrogen and oxygen atoms in total. The van der Waals surface area contributed by atoms with Gasteiger partial charge >= 0.3 is 5.69 Å². The zero-order valence-electron chi connectivity index (χ0n) is 18.0. The van der Waals surface area contributed by atoms with Gasteiger partial charge in [-0.2, -0.15) is 0 Å². The lowest BCUT2D eigenvalue weighted by Crippen LogP contribution is -2.40. The molecular weight excluding hydrogens is 396 g/mol. The Balaban J connectivity index is 1.55. The first kappa shape index (κ1) is 20.8. The molecule has 31 heavy (non-hydrogen) atoms. The largest absolute Gasteiger partial charge is 0.497 e. The van der Waals surface area contributed by atoms with E-state index in [2.05, 4.69) is 4.98 Å². The third-order valence-corrected chi connectivity index (χ3v) is 6.03. The van der Waals surface area contributed by atoms with E-state index in [4.69, 9.17) is 4.74 Å². The van der Waals surface area contributed by atoms with Crippen molar-refractivity contribution in [3.63, 3.8) is 0 Å². The van der Waals surface area contributed by atoms with Crippen molar-refractivity contribution < 1.29 is 9.53 Å². The highest BCUT2D eigenvalue weighted by Crippen LogP contribution is 2.27. The van der Waals surface area contributed by atoms with Crippen LogP contribution in [0, 0.1) is 0 Å². The molecule has 1 saturated heterocycles. The van der Waals surface area contributed by atoms with Crippen molar-refractivity contribution in [1.82, 2.24) is 19.0 Å². The number of amides is 1. The zero-order valence-corrected chi connectivity index (χ0v) is 18.0. The number of rotatable bonds is 4. The molecule has 1 aromatic carbocycles. The van der Waals surface area contributed by atoms with Crippen LogP contribution in [0.25, 0.3) is 11.0 Å². The molecule has 1 aliphatic rings. The molecule has 4 rings (SSSR count). The van der Waals surface area contributed by atoms with Crippen molar-refractivity contribution >= 4 is 16.9 Å². The van der Waals surface area contributed by atoms with E-state index < -0.39 is 5.69 Å². The Morgan fingerprint density at radius 2 is 1.84 bits per heavy atom. The fraction of sp³-hybridized carbons (Fsp3) is 0.391. The predicted octanol–water partition coefficient (Wildman–Crippen LogP) is 1.59. The van der Waals surface area contributed by atoms with E-state index in [1.807, 2.05) is 35.2 Å². The monoisotopic (exact) mass is 422 g/mol. The molecule has 1 atom stereocenters. The number of piperidine rings is 1. The van der Waals surface area contributed by atoms with Crippen molar-refractivity contribution in [2.24, 2.45) is 14.1 Å². The smallest absolute Gasteiger partial charge is 0.332 e. The summed E-state index contributed by atoms with van der Waals surface area (Å²) in [6.45, 7) is 1.30. The summed E-state index contributed by atoms with van der Waals surface area (Å²) in [6, 6.07) is 11.1. The standard InChI is InChI=1S/C23H26N4O4/c1-25-21-18(22(29)26(2)23(25)30)10-11-19(24-21)16-5-4-12-27(14-16)20(28)13-15-6-8-17(31-3)9-7-15/h6-11,16H,4-5,12-14H2,1-3H3/t16-/m1/s1. The molecule has 2 aromatic heterocycles. The van der Waals surface area contributed by atoms with Crippen molar-refractivity contribution in [3.05, 3.63) is 68.5 Å². The summed E-state index contributed by atoms with van der Waals surface area (Å²) in [5.74, 6) is 0.912. The quantitative estimate of drug-likeness (QED) is 0.637. The van der Waals surface area contributed by atoms with Gasteiger partial charge in [0.1, 0.15) is 11.4 Å². The van der Waals surface area contributed by atoms with Gasteiger partial charge in [0.2, 0.25) is 5.91 Å². The number of hydrogen-bond acceptors (Lipinski definition) is 5. The summed E-state index contributed by atoms with van der Waals surface area (Å²) in [4.78, 5) is 44.1. The van der Waals surface area contributed by atoms with E-state index in [0.717, 1.165) is 41.0 Å². The van der Waals surface area contributed by atoms with Crippen LogP contribution in [0.3, 0.4) is 0 Å². The molecule has 0 saturated carbocycles. The van der Waals surface area contributed by atoms with Crippen LogP contribution in [-0.4, -0.2) is 45.1 Å². The second-order valence-corrected chi connectivity index (χ2v) is 8.02. The molecule has 1 amide bonds. The van der Waals surface area contributed by atoms with Crippen molar-refractivity contribution in [2.45, 2.75) is 25.2 Å². The summed E-state index contributed by atoms with van der Waals surface area (Å²) in [6.07, 6.45) is 2.13. The van der Waals surface area contributed by atoms with Crippen molar-refractivity contribution in [2.75, 3.05) is 20.2 Å². The predicted molar refractivity (Wildman–Crippen MR) is 117 cm³/mol. The molecule has 162 valence electrons. The number of methoxy groups -OCH3 is 1. The number of fused-ring (bicyclic) bond motifs is 1. The van der Waals surface area contributed by atoms with Gasteiger partial charge in [-0.15, -0.1) is 0 Å². The van der Waals surface area contributed by atoms with Gasteiger partial charge in [-0.05, 0) is 42.7 Å². The number of pyridine rings is 1. The van der Waals surface area contributed by atoms with Gasteiger partial charge in [0.05, 0.1) is 18.9 Å². The topological polar surface area (TPSA) is 86.4 Å².